The van der Waals surface area contributed by atoms with Crippen LogP contribution in [0.5, 0.6) is 5.75 Å². The molecule has 0 amide bonds. The van der Waals surface area contributed by atoms with E-state index >= 15 is 0 Å². The average Bonchev–Trinajstić information content (AvgIpc) is 2.59. The predicted octanol–water partition coefficient (Wildman–Crippen LogP) is 5.59. The molecule has 0 aliphatic carbocycles. The summed E-state index contributed by atoms with van der Waals surface area (Å²) in [5.41, 5.74) is -0.329. The number of aryl methyl sites for hydroxylation is 1. The largest absolute Gasteiger partial charge is 0.423 e. The van der Waals surface area contributed by atoms with E-state index in [1.807, 2.05) is 0 Å². The molecule has 26 heavy (non-hydrogen) atoms. The van der Waals surface area contributed by atoms with Crippen molar-refractivity contribution in [3.8, 4) is 5.75 Å². The molecule has 0 atom stereocenters. The van der Waals surface area contributed by atoms with Gasteiger partial charge in [-0.25, -0.2) is 18.0 Å². The Labute approximate surface area is 148 Å². The number of hydrogen-bond donors (Lipinski definition) is 0. The molecule has 0 saturated carbocycles. The zero-order chi connectivity index (χ0) is 18.7. The standard InChI is InChI=1S/C21H15F3O2/c1-2-3-5-13-10-18(23)20(19(24)11-13)21(25)26-15-8-9-16-14(12-15)6-4-7-17(16)22/h2,4,6-12H,1,3,5H2. The lowest BCUT2D eigenvalue weighted by molar-refractivity contribution is 0.0725. The van der Waals surface area contributed by atoms with E-state index in [-0.39, 0.29) is 5.75 Å². The Kier molecular flexibility index (Phi) is 5.07. The van der Waals surface area contributed by atoms with Crippen LogP contribution in [0.15, 0.2) is 61.2 Å². The van der Waals surface area contributed by atoms with Crippen molar-refractivity contribution < 1.29 is 22.7 Å². The lowest BCUT2D eigenvalue weighted by atomic mass is 10.1. The molecular formula is C21H15F3O2. The van der Waals surface area contributed by atoms with E-state index in [9.17, 15) is 18.0 Å². The number of carbonyl (C=O) groups excluding carboxylic acids is 1. The third kappa shape index (κ3) is 3.61. The van der Waals surface area contributed by atoms with Gasteiger partial charge < -0.3 is 4.74 Å². The molecule has 0 N–H and O–H groups in total. The molecule has 3 aromatic carbocycles. The van der Waals surface area contributed by atoms with Crippen LogP contribution in [0.2, 0.25) is 0 Å². The first kappa shape index (κ1) is 17.7. The maximum absolute atomic E-state index is 14.2. The highest BCUT2D eigenvalue weighted by atomic mass is 19.1. The normalized spacial score (nSPS) is 10.7. The Morgan fingerprint density at radius 2 is 1.73 bits per heavy atom. The van der Waals surface area contributed by atoms with Crippen molar-refractivity contribution >= 4 is 16.7 Å². The van der Waals surface area contributed by atoms with Gasteiger partial charge in [-0.1, -0.05) is 18.2 Å². The SMILES string of the molecule is C=CCCc1cc(F)c(C(=O)Oc2ccc3c(F)cccc3c2)c(F)c1. The highest BCUT2D eigenvalue weighted by Gasteiger charge is 2.21. The van der Waals surface area contributed by atoms with Gasteiger partial charge in [0.15, 0.2) is 0 Å². The number of fused-ring (bicyclic) bond motifs is 1. The molecule has 0 unspecified atom stereocenters. The molecular weight excluding hydrogens is 341 g/mol. The van der Waals surface area contributed by atoms with Gasteiger partial charge in [-0.15, -0.1) is 6.58 Å². The van der Waals surface area contributed by atoms with Crippen molar-refractivity contribution in [1.82, 2.24) is 0 Å². The molecule has 0 saturated heterocycles. The molecule has 0 radical (unpaired) electrons. The monoisotopic (exact) mass is 356 g/mol. The van der Waals surface area contributed by atoms with Crippen LogP contribution in [0.1, 0.15) is 22.3 Å². The molecule has 0 aromatic heterocycles. The van der Waals surface area contributed by atoms with E-state index in [2.05, 4.69) is 6.58 Å². The fourth-order valence-corrected chi connectivity index (χ4v) is 2.68. The van der Waals surface area contributed by atoms with Gasteiger partial charge in [0.1, 0.15) is 28.8 Å². The topological polar surface area (TPSA) is 26.3 Å². The van der Waals surface area contributed by atoms with Crippen LogP contribution in [-0.2, 0) is 6.42 Å². The summed E-state index contributed by atoms with van der Waals surface area (Å²) in [6.07, 6.45) is 2.62. The van der Waals surface area contributed by atoms with Crippen LogP contribution in [0.3, 0.4) is 0 Å². The molecule has 0 aliphatic rings. The quantitative estimate of drug-likeness (QED) is 0.338. The minimum absolute atomic E-state index is 0.0719. The van der Waals surface area contributed by atoms with Crippen LogP contribution >= 0.6 is 0 Å². The van der Waals surface area contributed by atoms with Gasteiger partial charge in [0.25, 0.3) is 0 Å². The number of halogens is 3. The first-order chi connectivity index (χ1) is 12.5. The van der Waals surface area contributed by atoms with Crippen LogP contribution in [-0.4, -0.2) is 5.97 Å². The minimum atomic E-state index is -1.15. The first-order valence-electron chi connectivity index (χ1n) is 7.99. The highest BCUT2D eigenvalue weighted by Crippen LogP contribution is 2.25. The molecule has 0 fully saturated rings. The molecule has 3 aromatic rings. The van der Waals surface area contributed by atoms with Gasteiger partial charge in [-0.05, 0) is 60.2 Å². The van der Waals surface area contributed by atoms with Crippen molar-refractivity contribution in [2.24, 2.45) is 0 Å². The van der Waals surface area contributed by atoms with Crippen molar-refractivity contribution in [3.63, 3.8) is 0 Å². The zero-order valence-corrected chi connectivity index (χ0v) is 13.8. The number of hydrogen-bond acceptors (Lipinski definition) is 2. The minimum Gasteiger partial charge on any atom is -0.423 e. The third-order valence-corrected chi connectivity index (χ3v) is 3.95. The van der Waals surface area contributed by atoms with E-state index in [1.54, 1.807) is 12.1 Å². The van der Waals surface area contributed by atoms with Crippen LogP contribution in [0.4, 0.5) is 13.2 Å². The Morgan fingerprint density at radius 3 is 2.42 bits per heavy atom. The Hall–Kier alpha value is -3.08. The molecule has 0 bridgehead atoms. The van der Waals surface area contributed by atoms with E-state index in [0.717, 1.165) is 12.1 Å². The molecule has 0 spiro atoms. The van der Waals surface area contributed by atoms with Gasteiger partial charge in [-0.3, -0.25) is 0 Å². The van der Waals surface area contributed by atoms with Crippen molar-refractivity contribution in [1.29, 1.82) is 0 Å². The average molecular weight is 356 g/mol. The number of ether oxygens (including phenoxy) is 1. The highest BCUT2D eigenvalue weighted by molar-refractivity contribution is 5.92. The van der Waals surface area contributed by atoms with E-state index in [4.69, 9.17) is 4.74 Å². The van der Waals surface area contributed by atoms with Gasteiger partial charge in [0.05, 0.1) is 0 Å². The first-order valence-corrected chi connectivity index (χ1v) is 7.99. The molecule has 3 rings (SSSR count). The van der Waals surface area contributed by atoms with E-state index < -0.39 is 29.0 Å². The van der Waals surface area contributed by atoms with E-state index in [0.29, 0.717) is 29.2 Å². The lowest BCUT2D eigenvalue weighted by Gasteiger charge is -2.09. The number of allylic oxidation sites excluding steroid dienone is 1. The molecule has 5 heteroatoms. The second-order valence-corrected chi connectivity index (χ2v) is 5.77. The van der Waals surface area contributed by atoms with Gasteiger partial charge >= 0.3 is 5.97 Å². The van der Waals surface area contributed by atoms with Crippen molar-refractivity contribution in [2.45, 2.75) is 12.8 Å². The summed E-state index contributed by atoms with van der Waals surface area (Å²) in [6.45, 7) is 3.56. The molecule has 2 nitrogen and oxygen atoms in total. The lowest BCUT2D eigenvalue weighted by Crippen LogP contribution is -2.13. The number of carbonyl (C=O) groups is 1. The Balaban J connectivity index is 1.87. The summed E-state index contributed by atoms with van der Waals surface area (Å²) < 4.78 is 47.1. The summed E-state index contributed by atoms with van der Waals surface area (Å²) in [4.78, 5) is 12.2. The fourth-order valence-electron chi connectivity index (χ4n) is 2.68. The maximum atomic E-state index is 14.2. The van der Waals surface area contributed by atoms with Gasteiger partial charge in [0.2, 0.25) is 0 Å². The second kappa shape index (κ2) is 7.44. The van der Waals surface area contributed by atoms with Crippen molar-refractivity contribution in [2.75, 3.05) is 0 Å². The summed E-state index contributed by atoms with van der Waals surface area (Å²) in [5, 5.41) is 0.868. The third-order valence-electron chi connectivity index (χ3n) is 3.95. The van der Waals surface area contributed by atoms with Gasteiger partial charge in [-0.2, -0.15) is 0 Å². The van der Waals surface area contributed by atoms with Crippen LogP contribution < -0.4 is 4.74 Å². The number of benzene rings is 3. The maximum Gasteiger partial charge on any atom is 0.349 e. The van der Waals surface area contributed by atoms with Crippen LogP contribution in [0.25, 0.3) is 10.8 Å². The van der Waals surface area contributed by atoms with Gasteiger partial charge in [0, 0.05) is 5.39 Å². The van der Waals surface area contributed by atoms with Crippen molar-refractivity contribution in [3.05, 3.63) is 89.8 Å². The zero-order valence-electron chi connectivity index (χ0n) is 13.8. The molecule has 0 heterocycles. The molecule has 0 aliphatic heterocycles. The smallest absolute Gasteiger partial charge is 0.349 e. The number of esters is 1. The summed E-state index contributed by atoms with van der Waals surface area (Å²) >= 11 is 0. The Bertz CT molecular complexity index is 973. The molecule has 132 valence electrons. The fraction of sp³-hybridized carbons (Fsp3) is 0.0952. The number of rotatable bonds is 5. The van der Waals surface area contributed by atoms with E-state index in [1.165, 1.54) is 30.3 Å². The predicted molar refractivity (Wildman–Crippen MR) is 93.7 cm³/mol. The summed E-state index contributed by atoms with van der Waals surface area (Å²) in [6, 6.07) is 10.9. The summed E-state index contributed by atoms with van der Waals surface area (Å²) in [7, 11) is 0. The summed E-state index contributed by atoms with van der Waals surface area (Å²) in [5.74, 6) is -3.46. The Morgan fingerprint density at radius 1 is 1.00 bits per heavy atom. The van der Waals surface area contributed by atoms with Crippen LogP contribution in [0, 0.1) is 17.5 Å². The second-order valence-electron chi connectivity index (χ2n) is 5.77.